The molecule has 1 aliphatic rings. The molecular formula is C15H12N2O3. The number of ether oxygens (including phenoxy) is 1. The monoisotopic (exact) mass is 268 g/mol. The molecule has 0 aromatic heterocycles. The van der Waals surface area contributed by atoms with E-state index in [9.17, 15) is 10.1 Å². The van der Waals surface area contributed by atoms with E-state index in [1.165, 1.54) is 12.1 Å². The fourth-order valence-electron chi connectivity index (χ4n) is 2.08. The van der Waals surface area contributed by atoms with Gasteiger partial charge in [-0.3, -0.25) is 10.1 Å². The predicted octanol–water partition coefficient (Wildman–Crippen LogP) is 3.44. The molecule has 20 heavy (non-hydrogen) atoms. The van der Waals surface area contributed by atoms with Gasteiger partial charge in [-0.15, -0.1) is 0 Å². The number of non-ortho nitro benzene ring substituents is 1. The molecule has 100 valence electrons. The Morgan fingerprint density at radius 3 is 2.60 bits per heavy atom. The number of nitrogens with zero attached hydrogens (tertiary/aromatic N) is 1. The van der Waals surface area contributed by atoms with Crippen molar-refractivity contribution >= 4 is 17.1 Å². The topological polar surface area (TPSA) is 64.4 Å². The molecule has 1 aliphatic heterocycles. The van der Waals surface area contributed by atoms with E-state index in [-0.39, 0.29) is 5.69 Å². The maximum atomic E-state index is 10.6. The summed E-state index contributed by atoms with van der Waals surface area (Å²) in [4.78, 5) is 10.2. The normalized spacial score (nSPS) is 12.9. The van der Waals surface area contributed by atoms with Crippen LogP contribution in [0.1, 0.15) is 5.56 Å². The Morgan fingerprint density at radius 2 is 1.85 bits per heavy atom. The van der Waals surface area contributed by atoms with Gasteiger partial charge in [-0.05, 0) is 30.3 Å². The quantitative estimate of drug-likeness (QED) is 0.684. The summed E-state index contributed by atoms with van der Waals surface area (Å²) in [7, 11) is 0. The van der Waals surface area contributed by atoms with Crippen LogP contribution >= 0.6 is 0 Å². The summed E-state index contributed by atoms with van der Waals surface area (Å²) in [5.41, 5.74) is 2.81. The standard InChI is InChI=1S/C15H12N2O3/c18-17(19)12-7-5-11(6-8-12)16-14-9-10-20-15-4-2-1-3-13(14)15/h1-9,16H,10H2. The molecule has 0 saturated carbocycles. The van der Waals surface area contributed by atoms with Gasteiger partial charge in [0.25, 0.3) is 5.69 Å². The average Bonchev–Trinajstić information content (AvgIpc) is 2.48. The van der Waals surface area contributed by atoms with E-state index >= 15 is 0 Å². The SMILES string of the molecule is O=[N+]([O-])c1ccc(NC2=CCOc3ccccc32)cc1. The van der Waals surface area contributed by atoms with Crippen LogP contribution in [0.4, 0.5) is 11.4 Å². The van der Waals surface area contributed by atoms with E-state index < -0.39 is 4.92 Å². The van der Waals surface area contributed by atoms with Crippen molar-refractivity contribution < 1.29 is 9.66 Å². The van der Waals surface area contributed by atoms with Gasteiger partial charge < -0.3 is 10.1 Å². The van der Waals surface area contributed by atoms with Crippen molar-refractivity contribution in [1.82, 2.24) is 0 Å². The molecule has 5 heteroatoms. The number of nitrogens with one attached hydrogen (secondary N) is 1. The second-order valence-corrected chi connectivity index (χ2v) is 4.35. The zero-order chi connectivity index (χ0) is 13.9. The van der Waals surface area contributed by atoms with E-state index in [1.54, 1.807) is 12.1 Å². The van der Waals surface area contributed by atoms with Crippen molar-refractivity contribution in [2.24, 2.45) is 0 Å². The number of fused-ring (bicyclic) bond motifs is 1. The van der Waals surface area contributed by atoms with Crippen molar-refractivity contribution in [3.05, 3.63) is 70.3 Å². The van der Waals surface area contributed by atoms with Gasteiger partial charge in [0, 0.05) is 29.1 Å². The summed E-state index contributed by atoms with van der Waals surface area (Å²) in [6, 6.07) is 14.1. The Bertz CT molecular complexity index is 678. The lowest BCUT2D eigenvalue weighted by Crippen LogP contribution is -2.09. The maximum absolute atomic E-state index is 10.6. The lowest BCUT2D eigenvalue weighted by Gasteiger charge is -2.19. The fourth-order valence-corrected chi connectivity index (χ4v) is 2.08. The lowest BCUT2D eigenvalue weighted by molar-refractivity contribution is -0.384. The van der Waals surface area contributed by atoms with Gasteiger partial charge in [-0.2, -0.15) is 0 Å². The molecule has 0 atom stereocenters. The second kappa shape index (κ2) is 5.05. The fraction of sp³-hybridized carbons (Fsp3) is 0.0667. The number of rotatable bonds is 3. The molecule has 0 radical (unpaired) electrons. The van der Waals surface area contributed by atoms with Gasteiger partial charge >= 0.3 is 0 Å². The molecule has 2 aromatic rings. The third kappa shape index (κ3) is 2.33. The minimum absolute atomic E-state index is 0.0805. The van der Waals surface area contributed by atoms with Crippen LogP contribution in [0.2, 0.25) is 0 Å². The predicted molar refractivity (Wildman–Crippen MR) is 76.6 cm³/mol. The van der Waals surface area contributed by atoms with Crippen LogP contribution in [0, 0.1) is 10.1 Å². The molecule has 0 unspecified atom stereocenters. The van der Waals surface area contributed by atoms with Crippen LogP contribution in [0.5, 0.6) is 5.75 Å². The van der Waals surface area contributed by atoms with Gasteiger partial charge in [0.15, 0.2) is 0 Å². The van der Waals surface area contributed by atoms with E-state index in [4.69, 9.17) is 4.74 Å². The summed E-state index contributed by atoms with van der Waals surface area (Å²) in [5.74, 6) is 0.833. The van der Waals surface area contributed by atoms with E-state index in [0.29, 0.717) is 6.61 Å². The largest absolute Gasteiger partial charge is 0.489 e. The van der Waals surface area contributed by atoms with Crippen molar-refractivity contribution in [3.8, 4) is 5.75 Å². The highest BCUT2D eigenvalue weighted by atomic mass is 16.6. The molecular weight excluding hydrogens is 256 g/mol. The molecule has 0 saturated heterocycles. The summed E-state index contributed by atoms with van der Waals surface area (Å²) >= 11 is 0. The minimum atomic E-state index is -0.410. The highest BCUT2D eigenvalue weighted by Crippen LogP contribution is 2.30. The molecule has 0 fully saturated rings. The molecule has 0 bridgehead atoms. The van der Waals surface area contributed by atoms with Crippen molar-refractivity contribution in [2.75, 3.05) is 11.9 Å². The average molecular weight is 268 g/mol. The number of benzene rings is 2. The van der Waals surface area contributed by atoms with Crippen LogP contribution in [-0.2, 0) is 0 Å². The van der Waals surface area contributed by atoms with Crippen LogP contribution in [0.25, 0.3) is 5.70 Å². The van der Waals surface area contributed by atoms with Crippen LogP contribution in [0.15, 0.2) is 54.6 Å². The number of para-hydroxylation sites is 1. The van der Waals surface area contributed by atoms with Gasteiger partial charge in [-0.25, -0.2) is 0 Å². The van der Waals surface area contributed by atoms with E-state index in [2.05, 4.69) is 5.32 Å². The Morgan fingerprint density at radius 1 is 1.10 bits per heavy atom. The Balaban J connectivity index is 1.84. The Labute approximate surface area is 115 Å². The van der Waals surface area contributed by atoms with Crippen LogP contribution in [-0.4, -0.2) is 11.5 Å². The third-order valence-electron chi connectivity index (χ3n) is 3.06. The molecule has 3 rings (SSSR count). The van der Waals surface area contributed by atoms with Gasteiger partial charge in [-0.1, -0.05) is 12.1 Å². The first-order valence-corrected chi connectivity index (χ1v) is 6.18. The molecule has 1 N–H and O–H groups in total. The Hall–Kier alpha value is -2.82. The van der Waals surface area contributed by atoms with E-state index in [1.807, 2.05) is 30.3 Å². The third-order valence-corrected chi connectivity index (χ3v) is 3.06. The zero-order valence-corrected chi connectivity index (χ0v) is 10.6. The van der Waals surface area contributed by atoms with Gasteiger partial charge in [0.1, 0.15) is 12.4 Å². The van der Waals surface area contributed by atoms with E-state index in [0.717, 1.165) is 22.7 Å². The van der Waals surface area contributed by atoms with Crippen LogP contribution in [0.3, 0.4) is 0 Å². The first-order chi connectivity index (χ1) is 9.74. The number of hydrogen-bond acceptors (Lipinski definition) is 4. The molecule has 0 aliphatic carbocycles. The molecule has 5 nitrogen and oxygen atoms in total. The minimum Gasteiger partial charge on any atom is -0.489 e. The van der Waals surface area contributed by atoms with Crippen LogP contribution < -0.4 is 10.1 Å². The Kier molecular flexibility index (Phi) is 3.09. The number of nitro groups is 1. The molecule has 1 heterocycles. The highest BCUT2D eigenvalue weighted by molar-refractivity contribution is 5.81. The second-order valence-electron chi connectivity index (χ2n) is 4.35. The van der Waals surface area contributed by atoms with Crippen molar-refractivity contribution in [2.45, 2.75) is 0 Å². The molecule has 0 amide bonds. The number of nitro benzene ring substituents is 1. The summed E-state index contributed by atoms with van der Waals surface area (Å²) in [5, 5.41) is 13.9. The first kappa shape index (κ1) is 12.2. The van der Waals surface area contributed by atoms with Gasteiger partial charge in [0.2, 0.25) is 0 Å². The smallest absolute Gasteiger partial charge is 0.269 e. The first-order valence-electron chi connectivity index (χ1n) is 6.18. The lowest BCUT2D eigenvalue weighted by atomic mass is 10.1. The maximum Gasteiger partial charge on any atom is 0.269 e. The van der Waals surface area contributed by atoms with Crippen molar-refractivity contribution in [3.63, 3.8) is 0 Å². The summed E-state index contributed by atoms with van der Waals surface area (Å²) in [6.45, 7) is 0.506. The molecule has 0 spiro atoms. The van der Waals surface area contributed by atoms with Crippen molar-refractivity contribution in [1.29, 1.82) is 0 Å². The summed E-state index contributed by atoms with van der Waals surface area (Å²) in [6.07, 6.45) is 1.95. The highest BCUT2D eigenvalue weighted by Gasteiger charge is 2.13. The number of hydrogen-bond donors (Lipinski definition) is 1. The summed E-state index contributed by atoms with van der Waals surface area (Å²) < 4.78 is 5.54. The number of anilines is 1. The van der Waals surface area contributed by atoms with Gasteiger partial charge in [0.05, 0.1) is 4.92 Å². The molecule has 2 aromatic carbocycles. The zero-order valence-electron chi connectivity index (χ0n) is 10.6.